The SMILES string of the molecule is CCOc1ccccc1NC(=O)NCCOc1cccc(Cl)c1. The summed E-state index contributed by atoms with van der Waals surface area (Å²) in [6, 6.07) is 14.1. The van der Waals surface area contributed by atoms with Gasteiger partial charge in [-0.15, -0.1) is 0 Å². The van der Waals surface area contributed by atoms with Crippen LogP contribution < -0.4 is 20.1 Å². The minimum absolute atomic E-state index is 0.313. The van der Waals surface area contributed by atoms with Crippen LogP contribution in [-0.2, 0) is 0 Å². The molecule has 0 saturated heterocycles. The molecule has 0 atom stereocenters. The van der Waals surface area contributed by atoms with Crippen molar-refractivity contribution >= 4 is 23.3 Å². The van der Waals surface area contributed by atoms with Gasteiger partial charge in [-0.2, -0.15) is 0 Å². The van der Waals surface area contributed by atoms with Gasteiger partial charge < -0.3 is 20.1 Å². The number of amides is 2. The van der Waals surface area contributed by atoms with Crippen LogP contribution in [0, 0.1) is 0 Å². The van der Waals surface area contributed by atoms with Crippen molar-refractivity contribution in [3.8, 4) is 11.5 Å². The third-order valence-electron chi connectivity index (χ3n) is 2.89. The van der Waals surface area contributed by atoms with Crippen molar-refractivity contribution in [1.29, 1.82) is 0 Å². The molecule has 0 aliphatic rings. The molecule has 0 heterocycles. The molecule has 0 fully saturated rings. The number of carbonyl (C=O) groups is 1. The quantitative estimate of drug-likeness (QED) is 0.754. The summed E-state index contributed by atoms with van der Waals surface area (Å²) in [5.74, 6) is 1.31. The monoisotopic (exact) mass is 334 g/mol. The molecule has 122 valence electrons. The normalized spacial score (nSPS) is 10.0. The lowest BCUT2D eigenvalue weighted by Crippen LogP contribution is -2.32. The van der Waals surface area contributed by atoms with Crippen LogP contribution >= 0.6 is 11.6 Å². The highest BCUT2D eigenvalue weighted by Gasteiger charge is 2.06. The molecule has 2 aromatic carbocycles. The molecular formula is C17H19ClN2O3. The molecule has 0 unspecified atom stereocenters. The summed E-state index contributed by atoms with van der Waals surface area (Å²) in [4.78, 5) is 11.9. The van der Waals surface area contributed by atoms with E-state index in [1.54, 1.807) is 24.3 Å². The number of para-hydroxylation sites is 2. The van der Waals surface area contributed by atoms with E-state index < -0.39 is 0 Å². The highest BCUT2D eigenvalue weighted by atomic mass is 35.5. The molecule has 6 heteroatoms. The third kappa shape index (κ3) is 5.71. The zero-order valence-corrected chi connectivity index (χ0v) is 13.6. The predicted octanol–water partition coefficient (Wildman–Crippen LogP) is 3.94. The average Bonchev–Trinajstić information content (AvgIpc) is 2.54. The number of hydrogen-bond acceptors (Lipinski definition) is 3. The first-order valence-electron chi connectivity index (χ1n) is 7.34. The Morgan fingerprint density at radius 3 is 2.74 bits per heavy atom. The molecule has 0 aliphatic heterocycles. The van der Waals surface area contributed by atoms with E-state index >= 15 is 0 Å². The van der Waals surface area contributed by atoms with Crippen molar-refractivity contribution in [2.75, 3.05) is 25.1 Å². The van der Waals surface area contributed by atoms with Crippen LogP contribution in [0.2, 0.25) is 5.02 Å². The van der Waals surface area contributed by atoms with Crippen LogP contribution in [0.5, 0.6) is 11.5 Å². The smallest absolute Gasteiger partial charge is 0.319 e. The molecule has 0 radical (unpaired) electrons. The number of halogens is 1. The zero-order valence-electron chi connectivity index (χ0n) is 12.8. The van der Waals surface area contributed by atoms with E-state index in [0.29, 0.717) is 42.0 Å². The summed E-state index contributed by atoms with van der Waals surface area (Å²) >= 11 is 5.87. The lowest BCUT2D eigenvalue weighted by molar-refractivity contribution is 0.247. The van der Waals surface area contributed by atoms with Gasteiger partial charge in [0.2, 0.25) is 0 Å². The fourth-order valence-corrected chi connectivity index (χ4v) is 2.09. The Morgan fingerprint density at radius 1 is 1.13 bits per heavy atom. The Bertz CT molecular complexity index is 649. The van der Waals surface area contributed by atoms with E-state index in [1.165, 1.54) is 0 Å². The molecule has 2 rings (SSSR count). The average molecular weight is 335 g/mol. The van der Waals surface area contributed by atoms with Crippen LogP contribution in [0.1, 0.15) is 6.92 Å². The molecule has 0 aromatic heterocycles. The van der Waals surface area contributed by atoms with Gasteiger partial charge >= 0.3 is 6.03 Å². The highest BCUT2D eigenvalue weighted by molar-refractivity contribution is 6.30. The van der Waals surface area contributed by atoms with Crippen LogP contribution in [0.15, 0.2) is 48.5 Å². The van der Waals surface area contributed by atoms with Crippen molar-refractivity contribution in [3.63, 3.8) is 0 Å². The van der Waals surface area contributed by atoms with Gasteiger partial charge in [0.1, 0.15) is 18.1 Å². The maximum absolute atomic E-state index is 11.9. The topological polar surface area (TPSA) is 59.6 Å². The summed E-state index contributed by atoms with van der Waals surface area (Å²) in [5, 5.41) is 6.08. The Hall–Kier alpha value is -2.40. The first-order chi connectivity index (χ1) is 11.2. The minimum Gasteiger partial charge on any atom is -0.492 e. The van der Waals surface area contributed by atoms with E-state index in [1.807, 2.05) is 31.2 Å². The summed E-state index contributed by atoms with van der Waals surface area (Å²) in [5.41, 5.74) is 0.627. The minimum atomic E-state index is -0.313. The van der Waals surface area contributed by atoms with Gasteiger partial charge in [0.05, 0.1) is 18.8 Å². The van der Waals surface area contributed by atoms with Gasteiger partial charge in [0.25, 0.3) is 0 Å². The molecule has 0 aliphatic carbocycles. The van der Waals surface area contributed by atoms with Gasteiger partial charge in [0, 0.05) is 5.02 Å². The van der Waals surface area contributed by atoms with Gasteiger partial charge in [0.15, 0.2) is 0 Å². The number of hydrogen-bond donors (Lipinski definition) is 2. The van der Waals surface area contributed by atoms with Crippen molar-refractivity contribution in [1.82, 2.24) is 5.32 Å². The number of nitrogens with one attached hydrogen (secondary N) is 2. The fourth-order valence-electron chi connectivity index (χ4n) is 1.91. The molecule has 2 N–H and O–H groups in total. The number of benzene rings is 2. The van der Waals surface area contributed by atoms with Crippen LogP contribution in [-0.4, -0.2) is 25.8 Å². The van der Waals surface area contributed by atoms with E-state index in [9.17, 15) is 4.79 Å². The molecule has 2 aromatic rings. The largest absolute Gasteiger partial charge is 0.492 e. The maximum Gasteiger partial charge on any atom is 0.319 e. The van der Waals surface area contributed by atoms with E-state index in [2.05, 4.69) is 10.6 Å². The number of carbonyl (C=O) groups excluding carboxylic acids is 1. The molecular weight excluding hydrogens is 316 g/mol. The number of rotatable bonds is 7. The van der Waals surface area contributed by atoms with E-state index in [4.69, 9.17) is 21.1 Å². The second kappa shape index (κ2) is 8.90. The number of anilines is 1. The van der Waals surface area contributed by atoms with Gasteiger partial charge in [-0.1, -0.05) is 29.8 Å². The zero-order chi connectivity index (χ0) is 16.5. The van der Waals surface area contributed by atoms with Crippen LogP contribution in [0.25, 0.3) is 0 Å². The Labute approximate surface area is 140 Å². The molecule has 0 bridgehead atoms. The van der Waals surface area contributed by atoms with Gasteiger partial charge in [-0.25, -0.2) is 4.79 Å². The molecule has 23 heavy (non-hydrogen) atoms. The summed E-state index contributed by atoms with van der Waals surface area (Å²) in [6.45, 7) is 3.15. The van der Waals surface area contributed by atoms with E-state index in [0.717, 1.165) is 0 Å². The van der Waals surface area contributed by atoms with Gasteiger partial charge in [-0.3, -0.25) is 0 Å². The Morgan fingerprint density at radius 2 is 1.96 bits per heavy atom. The third-order valence-corrected chi connectivity index (χ3v) is 3.12. The second-order valence-electron chi connectivity index (χ2n) is 4.62. The summed E-state index contributed by atoms with van der Waals surface area (Å²) in [7, 11) is 0. The molecule has 5 nitrogen and oxygen atoms in total. The Kier molecular flexibility index (Phi) is 6.56. The lowest BCUT2D eigenvalue weighted by atomic mass is 10.3. The summed E-state index contributed by atoms with van der Waals surface area (Å²) < 4.78 is 11.0. The summed E-state index contributed by atoms with van der Waals surface area (Å²) in [6.07, 6.45) is 0. The van der Waals surface area contributed by atoms with Gasteiger partial charge in [-0.05, 0) is 37.3 Å². The molecule has 0 saturated carbocycles. The van der Waals surface area contributed by atoms with Crippen molar-refractivity contribution < 1.29 is 14.3 Å². The highest BCUT2D eigenvalue weighted by Crippen LogP contribution is 2.23. The Balaban J connectivity index is 1.75. The standard InChI is InChI=1S/C17H19ClN2O3/c1-2-22-16-9-4-3-8-15(16)20-17(21)19-10-11-23-14-7-5-6-13(18)12-14/h3-9,12H,2,10-11H2,1H3,(H2,19,20,21). The first-order valence-corrected chi connectivity index (χ1v) is 7.72. The van der Waals surface area contributed by atoms with E-state index in [-0.39, 0.29) is 6.03 Å². The number of urea groups is 1. The fraction of sp³-hybridized carbons (Fsp3) is 0.235. The second-order valence-corrected chi connectivity index (χ2v) is 5.05. The van der Waals surface area contributed by atoms with Crippen LogP contribution in [0.4, 0.5) is 10.5 Å². The molecule has 0 spiro atoms. The van der Waals surface area contributed by atoms with Crippen molar-refractivity contribution in [2.45, 2.75) is 6.92 Å². The van der Waals surface area contributed by atoms with Crippen molar-refractivity contribution in [2.24, 2.45) is 0 Å². The molecule has 2 amide bonds. The van der Waals surface area contributed by atoms with Crippen molar-refractivity contribution in [3.05, 3.63) is 53.6 Å². The first kappa shape index (κ1) is 17.0. The maximum atomic E-state index is 11.9. The number of ether oxygens (including phenoxy) is 2. The lowest BCUT2D eigenvalue weighted by Gasteiger charge is -2.12. The van der Waals surface area contributed by atoms with Crippen LogP contribution in [0.3, 0.4) is 0 Å². The predicted molar refractivity (Wildman–Crippen MR) is 91.6 cm³/mol.